The van der Waals surface area contributed by atoms with Gasteiger partial charge in [0.1, 0.15) is 5.75 Å². The summed E-state index contributed by atoms with van der Waals surface area (Å²) in [5, 5.41) is 10.8. The van der Waals surface area contributed by atoms with Gasteiger partial charge in [0.05, 0.1) is 8.80 Å². The van der Waals surface area contributed by atoms with Crippen LogP contribution in [0.1, 0.15) is 56.9 Å². The van der Waals surface area contributed by atoms with Gasteiger partial charge in [-0.05, 0) is 29.5 Å². The Hall–Kier alpha value is -0.763. The third-order valence-corrected chi connectivity index (χ3v) is 9.30. The molecule has 103 valence electrons. The second kappa shape index (κ2) is 5.70. The molecule has 19 heavy (non-hydrogen) atoms. The van der Waals surface area contributed by atoms with Crippen LogP contribution in [0.4, 0.5) is 0 Å². The van der Waals surface area contributed by atoms with E-state index in [4.69, 9.17) is 0 Å². The van der Waals surface area contributed by atoms with Crippen LogP contribution in [0.15, 0.2) is 24.3 Å². The van der Waals surface area contributed by atoms with E-state index in [-0.39, 0.29) is 8.80 Å². The van der Waals surface area contributed by atoms with Gasteiger partial charge in [-0.15, -0.1) is 0 Å². The molecule has 0 spiro atoms. The van der Waals surface area contributed by atoms with Crippen molar-refractivity contribution in [3.63, 3.8) is 0 Å². The van der Waals surface area contributed by atoms with Crippen molar-refractivity contribution in [2.24, 2.45) is 0 Å². The molecule has 1 aromatic rings. The first-order valence-electron chi connectivity index (χ1n) is 7.97. The summed E-state index contributed by atoms with van der Waals surface area (Å²) in [5.41, 5.74) is 1.30. The lowest BCUT2D eigenvalue weighted by Gasteiger charge is -2.45. The smallest absolute Gasteiger partial charge is 0.119 e. The van der Waals surface area contributed by atoms with E-state index in [2.05, 4.69) is 12.1 Å². The maximum Gasteiger partial charge on any atom is 0.119 e. The summed E-state index contributed by atoms with van der Waals surface area (Å²) in [6, 6.07) is 11.1. The topological polar surface area (TPSA) is 20.2 Å². The molecule has 2 aliphatic rings. The minimum atomic E-state index is -0.342. The van der Waals surface area contributed by atoms with Crippen molar-refractivity contribution in [3.05, 3.63) is 29.8 Å². The average Bonchev–Trinajstić information content (AvgIpc) is 2.49. The molecule has 2 heteroatoms. The summed E-state index contributed by atoms with van der Waals surface area (Å²) < 4.78 is 0. The molecule has 1 N–H and O–H groups in total. The summed E-state index contributed by atoms with van der Waals surface area (Å²) in [6.07, 6.45) is 11.1. The summed E-state index contributed by atoms with van der Waals surface area (Å²) in [4.78, 5) is 0. The van der Waals surface area contributed by atoms with Crippen LogP contribution in [0.5, 0.6) is 5.75 Å². The molecule has 1 saturated heterocycles. The van der Waals surface area contributed by atoms with E-state index in [0.717, 1.165) is 0 Å². The quantitative estimate of drug-likeness (QED) is 0.767. The van der Waals surface area contributed by atoms with Gasteiger partial charge in [-0.25, -0.2) is 0 Å². The largest absolute Gasteiger partial charge is 0.508 e. The average molecular weight is 273 g/mol. The maximum atomic E-state index is 10.4. The van der Waals surface area contributed by atoms with Gasteiger partial charge in [-0.2, -0.15) is 0 Å². The fourth-order valence-electron chi connectivity index (χ4n) is 4.30. The molecule has 2 fully saturated rings. The second-order valence-corrected chi connectivity index (χ2v) is 9.49. The van der Waals surface area contributed by atoms with Crippen molar-refractivity contribution in [2.75, 3.05) is 0 Å². The van der Waals surface area contributed by atoms with E-state index in [1.807, 2.05) is 12.1 Å². The Morgan fingerprint density at radius 3 is 2.16 bits per heavy atom. The zero-order valence-corrected chi connectivity index (χ0v) is 12.8. The van der Waals surface area contributed by atoms with Crippen LogP contribution >= 0.6 is 0 Å². The van der Waals surface area contributed by atoms with Crippen molar-refractivity contribution < 1.29 is 5.11 Å². The van der Waals surface area contributed by atoms with Gasteiger partial charge < -0.3 is 5.11 Å². The highest BCUT2D eigenvalue weighted by Gasteiger charge is 2.43. The van der Waals surface area contributed by atoms with E-state index in [1.54, 1.807) is 0 Å². The van der Waals surface area contributed by atoms with Crippen LogP contribution in [0.3, 0.4) is 0 Å². The third kappa shape index (κ3) is 2.47. The molecule has 1 nitrogen and oxygen atoms in total. The number of rotatable bonds is 2. The summed E-state index contributed by atoms with van der Waals surface area (Å²) >= 11 is 0. The molecule has 1 radical (unpaired) electrons. The lowest BCUT2D eigenvalue weighted by Crippen LogP contribution is -2.45. The lowest BCUT2D eigenvalue weighted by atomic mass is 9.82. The van der Waals surface area contributed by atoms with E-state index < -0.39 is 0 Å². The number of phenolic OH excluding ortho intramolecular Hbond substituents is 1. The van der Waals surface area contributed by atoms with Crippen LogP contribution < -0.4 is 0 Å². The SMILES string of the molecule is Oc1ccccc1C1([Si]2CCCCC2)CCCCC1. The Morgan fingerprint density at radius 1 is 0.842 bits per heavy atom. The summed E-state index contributed by atoms with van der Waals surface area (Å²) in [6.45, 7) is 0. The Morgan fingerprint density at radius 2 is 1.47 bits per heavy atom. The summed E-state index contributed by atoms with van der Waals surface area (Å²) in [5.74, 6) is 0.562. The standard InChI is InChI=1S/C17H25OSi/c18-16-10-4-3-9-15(16)17(11-5-1-6-12-17)19-13-7-2-8-14-19/h3-4,9-10,18H,1-2,5-8,11-14H2. The van der Waals surface area contributed by atoms with Gasteiger partial charge in [0.15, 0.2) is 0 Å². The zero-order valence-electron chi connectivity index (χ0n) is 11.8. The Kier molecular flexibility index (Phi) is 3.97. The van der Waals surface area contributed by atoms with Crippen LogP contribution in [0, 0.1) is 0 Å². The molecule has 1 aliphatic heterocycles. The van der Waals surface area contributed by atoms with E-state index in [1.165, 1.54) is 69.0 Å². The first-order chi connectivity index (χ1) is 9.33. The molecule has 1 aliphatic carbocycles. The molecule has 0 bridgehead atoms. The number of phenols is 1. The zero-order chi connectivity index (χ0) is 13.1. The normalized spacial score (nSPS) is 24.2. The van der Waals surface area contributed by atoms with Crippen LogP contribution in [0.2, 0.25) is 12.1 Å². The predicted molar refractivity (Wildman–Crippen MR) is 82.1 cm³/mol. The van der Waals surface area contributed by atoms with E-state index in [9.17, 15) is 5.11 Å². The van der Waals surface area contributed by atoms with Gasteiger partial charge in [0, 0.05) is 0 Å². The first kappa shape index (κ1) is 13.2. The molecule has 0 unspecified atom stereocenters. The molecule has 0 atom stereocenters. The van der Waals surface area contributed by atoms with Gasteiger partial charge in [0.2, 0.25) is 0 Å². The maximum absolute atomic E-state index is 10.4. The number of aromatic hydroxyl groups is 1. The minimum Gasteiger partial charge on any atom is -0.508 e. The molecule has 1 saturated carbocycles. The number of benzene rings is 1. The molecule has 1 aromatic carbocycles. The van der Waals surface area contributed by atoms with Crippen molar-refractivity contribution in [1.29, 1.82) is 0 Å². The number of hydrogen-bond acceptors (Lipinski definition) is 1. The Bertz CT molecular complexity index is 417. The van der Waals surface area contributed by atoms with Gasteiger partial charge in [-0.3, -0.25) is 0 Å². The molecular formula is C17H25OSi. The second-order valence-electron chi connectivity index (χ2n) is 6.32. The van der Waals surface area contributed by atoms with Gasteiger partial charge in [0.25, 0.3) is 0 Å². The van der Waals surface area contributed by atoms with Crippen molar-refractivity contribution >= 4 is 8.80 Å². The molecule has 1 heterocycles. The van der Waals surface area contributed by atoms with Gasteiger partial charge in [-0.1, -0.05) is 68.8 Å². The highest BCUT2D eigenvalue weighted by atomic mass is 28.3. The van der Waals surface area contributed by atoms with E-state index >= 15 is 0 Å². The predicted octanol–water partition coefficient (Wildman–Crippen LogP) is 4.81. The van der Waals surface area contributed by atoms with E-state index in [0.29, 0.717) is 10.8 Å². The first-order valence-corrected chi connectivity index (χ1v) is 9.88. The number of hydrogen-bond donors (Lipinski definition) is 1. The Labute approximate surface area is 118 Å². The fraction of sp³-hybridized carbons (Fsp3) is 0.647. The van der Waals surface area contributed by atoms with Crippen LogP contribution in [-0.4, -0.2) is 13.9 Å². The monoisotopic (exact) mass is 273 g/mol. The van der Waals surface area contributed by atoms with Crippen molar-refractivity contribution in [1.82, 2.24) is 0 Å². The van der Waals surface area contributed by atoms with Crippen LogP contribution in [-0.2, 0) is 5.04 Å². The van der Waals surface area contributed by atoms with Gasteiger partial charge >= 0.3 is 0 Å². The van der Waals surface area contributed by atoms with Crippen LogP contribution in [0.25, 0.3) is 0 Å². The number of para-hydroxylation sites is 1. The molecule has 0 amide bonds. The lowest BCUT2D eigenvalue weighted by molar-refractivity contribution is 0.364. The summed E-state index contributed by atoms with van der Waals surface area (Å²) in [7, 11) is -0.342. The third-order valence-electron chi connectivity index (χ3n) is 5.26. The highest BCUT2D eigenvalue weighted by Crippen LogP contribution is 2.48. The molecule has 3 rings (SSSR count). The van der Waals surface area contributed by atoms with Crippen molar-refractivity contribution in [2.45, 2.75) is 68.5 Å². The van der Waals surface area contributed by atoms with Crippen molar-refractivity contribution in [3.8, 4) is 5.75 Å². The Balaban J connectivity index is 1.98. The highest BCUT2D eigenvalue weighted by molar-refractivity contribution is 6.62. The molecule has 0 aromatic heterocycles. The fourth-order valence-corrected chi connectivity index (χ4v) is 8.52. The molecular weight excluding hydrogens is 248 g/mol. The minimum absolute atomic E-state index is 0.342.